The van der Waals surface area contributed by atoms with Gasteiger partial charge in [0.25, 0.3) is 0 Å². The normalized spacial score (nSPS) is 21.8. The second-order valence-corrected chi connectivity index (χ2v) is 6.04. The highest BCUT2D eigenvalue weighted by Crippen LogP contribution is 2.40. The highest BCUT2D eigenvalue weighted by atomic mass is 16.2. The van der Waals surface area contributed by atoms with E-state index in [9.17, 15) is 4.79 Å². The lowest BCUT2D eigenvalue weighted by Crippen LogP contribution is -2.55. The second-order valence-electron chi connectivity index (χ2n) is 6.04. The molecule has 2 aliphatic carbocycles. The summed E-state index contributed by atoms with van der Waals surface area (Å²) in [6.07, 6.45) is 6.13. The number of carbonyl (C=O) groups is 1. The predicted molar refractivity (Wildman–Crippen MR) is 73.1 cm³/mol. The molecule has 1 unspecified atom stereocenters. The molecule has 2 fully saturated rings. The molecule has 0 aliphatic heterocycles. The van der Waals surface area contributed by atoms with E-state index in [0.717, 1.165) is 31.4 Å². The van der Waals surface area contributed by atoms with Crippen molar-refractivity contribution < 1.29 is 4.79 Å². The van der Waals surface area contributed by atoms with Crippen molar-refractivity contribution in [2.24, 2.45) is 11.7 Å². The van der Waals surface area contributed by atoms with Crippen molar-refractivity contribution >= 4 is 5.91 Å². The Bertz CT molecular complexity index is 464. The Balaban J connectivity index is 1.75. The van der Waals surface area contributed by atoms with Crippen LogP contribution in [0.4, 0.5) is 0 Å². The van der Waals surface area contributed by atoms with Gasteiger partial charge in [-0.3, -0.25) is 9.78 Å². The third kappa shape index (κ3) is 2.63. The van der Waals surface area contributed by atoms with E-state index in [0.29, 0.717) is 18.5 Å². The standard InChI is InChI=1S/C15H21N3O/c1-15(16,11-5-6-11)14(19)18(13-7-8-13)10-12-4-2-3-9-17-12/h2-4,9,11,13H,5-8,10,16H2,1H3. The molecule has 0 saturated heterocycles. The number of hydrogen-bond acceptors (Lipinski definition) is 3. The molecule has 2 aliphatic rings. The molecule has 0 bridgehead atoms. The molecule has 1 aromatic rings. The van der Waals surface area contributed by atoms with Gasteiger partial charge in [0.05, 0.1) is 17.8 Å². The van der Waals surface area contributed by atoms with Crippen LogP contribution in [0.15, 0.2) is 24.4 Å². The van der Waals surface area contributed by atoms with Crippen LogP contribution in [0.1, 0.15) is 38.3 Å². The van der Waals surface area contributed by atoms with Gasteiger partial charge in [0, 0.05) is 12.2 Å². The van der Waals surface area contributed by atoms with Crippen LogP contribution in [0.25, 0.3) is 0 Å². The van der Waals surface area contributed by atoms with Crippen molar-refractivity contribution in [2.45, 2.75) is 50.7 Å². The summed E-state index contributed by atoms with van der Waals surface area (Å²) in [7, 11) is 0. The summed E-state index contributed by atoms with van der Waals surface area (Å²) in [5.41, 5.74) is 6.52. The van der Waals surface area contributed by atoms with Crippen molar-refractivity contribution in [3.8, 4) is 0 Å². The van der Waals surface area contributed by atoms with Crippen LogP contribution in [0, 0.1) is 5.92 Å². The summed E-state index contributed by atoms with van der Waals surface area (Å²) in [4.78, 5) is 19.0. The Labute approximate surface area is 114 Å². The average Bonchev–Trinajstić information content (AvgIpc) is 3.29. The highest BCUT2D eigenvalue weighted by molar-refractivity contribution is 5.87. The molecule has 4 heteroatoms. The van der Waals surface area contributed by atoms with Crippen molar-refractivity contribution in [2.75, 3.05) is 0 Å². The van der Waals surface area contributed by atoms with Crippen LogP contribution in [0.5, 0.6) is 0 Å². The summed E-state index contributed by atoms with van der Waals surface area (Å²) in [6.45, 7) is 2.48. The third-order valence-electron chi connectivity index (χ3n) is 4.19. The first kappa shape index (κ1) is 12.6. The van der Waals surface area contributed by atoms with Gasteiger partial charge < -0.3 is 10.6 Å². The van der Waals surface area contributed by atoms with Crippen LogP contribution in [-0.4, -0.2) is 27.4 Å². The van der Waals surface area contributed by atoms with E-state index in [1.165, 1.54) is 0 Å². The number of amides is 1. The highest BCUT2D eigenvalue weighted by Gasteiger charge is 2.48. The molecular weight excluding hydrogens is 238 g/mol. The van der Waals surface area contributed by atoms with Gasteiger partial charge in [-0.05, 0) is 50.7 Å². The van der Waals surface area contributed by atoms with Crippen LogP contribution in [0.2, 0.25) is 0 Å². The number of rotatable bonds is 5. The molecule has 0 radical (unpaired) electrons. The molecule has 1 atom stereocenters. The van der Waals surface area contributed by atoms with Crippen LogP contribution in [-0.2, 0) is 11.3 Å². The summed E-state index contributed by atoms with van der Waals surface area (Å²) in [5, 5.41) is 0. The van der Waals surface area contributed by atoms with Crippen molar-refractivity contribution in [1.82, 2.24) is 9.88 Å². The predicted octanol–water partition coefficient (Wildman–Crippen LogP) is 1.70. The summed E-state index contributed by atoms with van der Waals surface area (Å²) in [6, 6.07) is 6.19. The minimum Gasteiger partial charge on any atom is -0.332 e. The number of pyridine rings is 1. The smallest absolute Gasteiger partial charge is 0.243 e. The zero-order valence-corrected chi connectivity index (χ0v) is 11.4. The molecule has 1 heterocycles. The maximum absolute atomic E-state index is 12.7. The molecular formula is C15H21N3O. The minimum atomic E-state index is -0.697. The average molecular weight is 259 g/mol. The van der Waals surface area contributed by atoms with Gasteiger partial charge in [0.2, 0.25) is 5.91 Å². The topological polar surface area (TPSA) is 59.2 Å². The monoisotopic (exact) mass is 259 g/mol. The van der Waals surface area contributed by atoms with Gasteiger partial charge in [0.15, 0.2) is 0 Å². The largest absolute Gasteiger partial charge is 0.332 e. The third-order valence-corrected chi connectivity index (χ3v) is 4.19. The molecule has 2 N–H and O–H groups in total. The Morgan fingerprint density at radius 3 is 2.68 bits per heavy atom. The first-order valence-corrected chi connectivity index (χ1v) is 7.09. The Morgan fingerprint density at radius 2 is 2.16 bits per heavy atom. The number of hydrogen-bond donors (Lipinski definition) is 1. The number of carbonyl (C=O) groups excluding carboxylic acids is 1. The Kier molecular flexibility index (Phi) is 3.05. The summed E-state index contributed by atoms with van der Waals surface area (Å²) in [5.74, 6) is 0.466. The zero-order chi connectivity index (χ0) is 13.5. The van der Waals surface area contributed by atoms with E-state index in [4.69, 9.17) is 5.73 Å². The fraction of sp³-hybridized carbons (Fsp3) is 0.600. The van der Waals surface area contributed by atoms with Crippen molar-refractivity contribution in [1.29, 1.82) is 0 Å². The van der Waals surface area contributed by atoms with Crippen LogP contribution >= 0.6 is 0 Å². The van der Waals surface area contributed by atoms with Gasteiger partial charge in [0.1, 0.15) is 0 Å². The number of nitrogens with zero attached hydrogens (tertiary/aromatic N) is 2. The fourth-order valence-electron chi connectivity index (χ4n) is 2.59. The molecule has 102 valence electrons. The SMILES string of the molecule is CC(N)(C(=O)N(Cc1ccccn1)C1CC1)C1CC1. The van der Waals surface area contributed by atoms with E-state index >= 15 is 0 Å². The zero-order valence-electron chi connectivity index (χ0n) is 11.4. The van der Waals surface area contributed by atoms with Crippen molar-refractivity contribution in [3.05, 3.63) is 30.1 Å². The maximum Gasteiger partial charge on any atom is 0.243 e. The Morgan fingerprint density at radius 1 is 1.42 bits per heavy atom. The first-order chi connectivity index (χ1) is 9.09. The van der Waals surface area contributed by atoms with Crippen LogP contribution < -0.4 is 5.73 Å². The quantitative estimate of drug-likeness (QED) is 0.875. The second kappa shape index (κ2) is 4.60. The van der Waals surface area contributed by atoms with Gasteiger partial charge in [-0.25, -0.2) is 0 Å². The minimum absolute atomic E-state index is 0.100. The van der Waals surface area contributed by atoms with E-state index < -0.39 is 5.54 Å². The van der Waals surface area contributed by atoms with E-state index in [1.54, 1.807) is 6.20 Å². The summed E-state index contributed by atoms with van der Waals surface area (Å²) >= 11 is 0. The van der Waals surface area contributed by atoms with Crippen LogP contribution in [0.3, 0.4) is 0 Å². The van der Waals surface area contributed by atoms with Crippen molar-refractivity contribution in [3.63, 3.8) is 0 Å². The van der Waals surface area contributed by atoms with E-state index in [-0.39, 0.29) is 5.91 Å². The first-order valence-electron chi connectivity index (χ1n) is 7.09. The fourth-order valence-corrected chi connectivity index (χ4v) is 2.59. The van der Waals surface area contributed by atoms with E-state index in [1.807, 2.05) is 30.0 Å². The molecule has 1 aromatic heterocycles. The van der Waals surface area contributed by atoms with Gasteiger partial charge in [-0.1, -0.05) is 6.07 Å². The van der Waals surface area contributed by atoms with E-state index in [2.05, 4.69) is 4.98 Å². The lowest BCUT2D eigenvalue weighted by atomic mass is 9.95. The lowest BCUT2D eigenvalue weighted by molar-refractivity contribution is -0.138. The summed E-state index contributed by atoms with van der Waals surface area (Å²) < 4.78 is 0. The number of aromatic nitrogens is 1. The lowest BCUT2D eigenvalue weighted by Gasteiger charge is -2.32. The number of nitrogens with two attached hydrogens (primary N) is 1. The van der Waals surface area contributed by atoms with Gasteiger partial charge in [-0.2, -0.15) is 0 Å². The Hall–Kier alpha value is -1.42. The molecule has 0 spiro atoms. The molecule has 3 rings (SSSR count). The molecule has 1 amide bonds. The molecule has 4 nitrogen and oxygen atoms in total. The van der Waals surface area contributed by atoms with Gasteiger partial charge >= 0.3 is 0 Å². The molecule has 19 heavy (non-hydrogen) atoms. The van der Waals surface area contributed by atoms with Gasteiger partial charge in [-0.15, -0.1) is 0 Å². The molecule has 0 aromatic carbocycles. The maximum atomic E-state index is 12.7. The molecule has 2 saturated carbocycles.